The van der Waals surface area contributed by atoms with Crippen molar-refractivity contribution in [1.82, 2.24) is 20.2 Å². The summed E-state index contributed by atoms with van der Waals surface area (Å²) in [6.45, 7) is 2.69. The van der Waals surface area contributed by atoms with Gasteiger partial charge in [0.1, 0.15) is 12.1 Å². The molecule has 6 nitrogen and oxygen atoms in total. The number of morpholine rings is 1. The van der Waals surface area contributed by atoms with Gasteiger partial charge in [0, 0.05) is 19.2 Å². The molecule has 0 N–H and O–H groups in total. The molecule has 2 aromatic rings. The fraction of sp³-hybridized carbons (Fsp3) is 0.364. The van der Waals surface area contributed by atoms with E-state index in [-0.39, 0.29) is 5.82 Å². The van der Waals surface area contributed by atoms with Crippen LogP contribution in [0.2, 0.25) is 0 Å². The zero-order valence-corrected chi connectivity index (χ0v) is 9.66. The number of anilines is 1. The third-order valence-corrected chi connectivity index (χ3v) is 2.90. The minimum atomic E-state index is -0.273. The van der Waals surface area contributed by atoms with Crippen LogP contribution >= 0.6 is 0 Å². The second-order valence-electron chi connectivity index (χ2n) is 3.99. The minimum absolute atomic E-state index is 0.273. The Kier molecular flexibility index (Phi) is 2.89. The van der Waals surface area contributed by atoms with Crippen LogP contribution in [0.1, 0.15) is 0 Å². The van der Waals surface area contributed by atoms with Gasteiger partial charge in [0.2, 0.25) is 0 Å². The molecule has 2 heterocycles. The molecule has 1 saturated heterocycles. The van der Waals surface area contributed by atoms with Gasteiger partial charge in [-0.1, -0.05) is 0 Å². The molecule has 0 unspecified atom stereocenters. The number of halogens is 1. The van der Waals surface area contributed by atoms with Crippen LogP contribution in [-0.2, 0) is 4.74 Å². The van der Waals surface area contributed by atoms with Gasteiger partial charge < -0.3 is 9.64 Å². The third-order valence-electron chi connectivity index (χ3n) is 2.90. The average Bonchev–Trinajstić information content (AvgIpc) is 2.93. The number of hydrogen-bond acceptors (Lipinski definition) is 5. The van der Waals surface area contributed by atoms with Crippen LogP contribution in [-0.4, -0.2) is 46.5 Å². The molecule has 0 aliphatic carbocycles. The molecular weight excluding hydrogens is 237 g/mol. The van der Waals surface area contributed by atoms with Gasteiger partial charge in [-0.05, 0) is 22.6 Å². The fourth-order valence-corrected chi connectivity index (χ4v) is 1.98. The Morgan fingerprint density at radius 2 is 2.06 bits per heavy atom. The second kappa shape index (κ2) is 4.69. The van der Waals surface area contributed by atoms with Crippen molar-refractivity contribution in [2.45, 2.75) is 0 Å². The van der Waals surface area contributed by atoms with Gasteiger partial charge in [-0.3, -0.25) is 0 Å². The maximum absolute atomic E-state index is 14.1. The summed E-state index contributed by atoms with van der Waals surface area (Å²) in [5.74, 6) is -0.273. The van der Waals surface area contributed by atoms with Crippen molar-refractivity contribution in [3.8, 4) is 5.69 Å². The van der Waals surface area contributed by atoms with Crippen LogP contribution in [0.15, 0.2) is 24.5 Å². The van der Waals surface area contributed by atoms with Crippen molar-refractivity contribution in [1.29, 1.82) is 0 Å². The lowest BCUT2D eigenvalue weighted by atomic mass is 10.2. The number of tetrazole rings is 1. The molecule has 0 bridgehead atoms. The van der Waals surface area contributed by atoms with Crippen LogP contribution in [0, 0.1) is 5.82 Å². The van der Waals surface area contributed by atoms with E-state index in [0.717, 1.165) is 0 Å². The lowest BCUT2D eigenvalue weighted by Gasteiger charge is -2.29. The first-order valence-corrected chi connectivity index (χ1v) is 5.70. The summed E-state index contributed by atoms with van der Waals surface area (Å²) < 4.78 is 20.7. The first-order chi connectivity index (χ1) is 8.84. The first kappa shape index (κ1) is 11.1. The van der Waals surface area contributed by atoms with Gasteiger partial charge in [0.25, 0.3) is 0 Å². The van der Waals surface area contributed by atoms with Crippen LogP contribution in [0.25, 0.3) is 5.69 Å². The molecule has 94 valence electrons. The van der Waals surface area contributed by atoms with Crippen molar-refractivity contribution in [3.05, 3.63) is 30.3 Å². The van der Waals surface area contributed by atoms with E-state index in [0.29, 0.717) is 37.7 Å². The molecular formula is C11H12FN5O. The van der Waals surface area contributed by atoms with E-state index in [4.69, 9.17) is 4.74 Å². The predicted molar refractivity (Wildman–Crippen MR) is 62.1 cm³/mol. The topological polar surface area (TPSA) is 56.1 Å². The highest BCUT2D eigenvalue weighted by Crippen LogP contribution is 2.22. The Morgan fingerprint density at radius 3 is 2.72 bits per heavy atom. The molecule has 0 amide bonds. The van der Waals surface area contributed by atoms with E-state index in [1.165, 1.54) is 17.1 Å². The van der Waals surface area contributed by atoms with Crippen LogP contribution in [0.5, 0.6) is 0 Å². The highest BCUT2D eigenvalue weighted by molar-refractivity contribution is 5.52. The van der Waals surface area contributed by atoms with Crippen molar-refractivity contribution >= 4 is 5.69 Å². The summed E-state index contributed by atoms with van der Waals surface area (Å²) in [5, 5.41) is 10.8. The smallest absolute Gasteiger partial charge is 0.148 e. The van der Waals surface area contributed by atoms with Gasteiger partial charge in [-0.15, -0.1) is 5.10 Å². The molecule has 1 aromatic carbocycles. The molecule has 0 atom stereocenters. The summed E-state index contributed by atoms with van der Waals surface area (Å²) in [4.78, 5) is 1.97. The summed E-state index contributed by atoms with van der Waals surface area (Å²) in [6, 6.07) is 4.98. The predicted octanol–water partition coefficient (Wildman–Crippen LogP) is 0.638. The Bertz CT molecular complexity index is 524. The maximum atomic E-state index is 14.1. The number of aromatic nitrogens is 4. The SMILES string of the molecule is Fc1cc(-n2cnnn2)ccc1N1CCOCC1. The molecule has 3 rings (SSSR count). The molecule has 0 spiro atoms. The number of ether oxygens (including phenoxy) is 1. The summed E-state index contributed by atoms with van der Waals surface area (Å²) in [7, 11) is 0. The van der Waals surface area contributed by atoms with Crippen LogP contribution in [0.4, 0.5) is 10.1 Å². The zero-order chi connectivity index (χ0) is 12.4. The van der Waals surface area contributed by atoms with Crippen molar-refractivity contribution in [2.75, 3.05) is 31.2 Å². The number of benzene rings is 1. The number of nitrogens with zero attached hydrogens (tertiary/aromatic N) is 5. The van der Waals surface area contributed by atoms with Crippen molar-refractivity contribution in [3.63, 3.8) is 0 Å². The molecule has 1 fully saturated rings. The van der Waals surface area contributed by atoms with Crippen LogP contribution < -0.4 is 4.90 Å². The number of hydrogen-bond donors (Lipinski definition) is 0. The largest absolute Gasteiger partial charge is 0.378 e. The first-order valence-electron chi connectivity index (χ1n) is 5.70. The second-order valence-corrected chi connectivity index (χ2v) is 3.99. The van der Waals surface area contributed by atoms with E-state index in [1.807, 2.05) is 4.90 Å². The maximum Gasteiger partial charge on any atom is 0.148 e. The summed E-state index contributed by atoms with van der Waals surface area (Å²) >= 11 is 0. The van der Waals surface area contributed by atoms with Gasteiger partial charge in [0.05, 0.1) is 24.6 Å². The molecule has 18 heavy (non-hydrogen) atoms. The normalized spacial score (nSPS) is 15.9. The Hall–Kier alpha value is -2.02. The standard InChI is InChI=1S/C11H12FN5O/c12-10-7-9(17-8-13-14-15-17)1-2-11(10)16-3-5-18-6-4-16/h1-2,7-8H,3-6H2. The van der Waals surface area contributed by atoms with Gasteiger partial charge in [-0.2, -0.15) is 0 Å². The van der Waals surface area contributed by atoms with Crippen LogP contribution in [0.3, 0.4) is 0 Å². The third kappa shape index (κ3) is 2.04. The minimum Gasteiger partial charge on any atom is -0.378 e. The van der Waals surface area contributed by atoms with Gasteiger partial charge in [0.15, 0.2) is 0 Å². The molecule has 1 aliphatic rings. The fourth-order valence-electron chi connectivity index (χ4n) is 1.98. The van der Waals surface area contributed by atoms with E-state index in [2.05, 4.69) is 15.5 Å². The Balaban J connectivity index is 1.89. The Morgan fingerprint density at radius 1 is 1.22 bits per heavy atom. The van der Waals surface area contributed by atoms with Crippen molar-refractivity contribution < 1.29 is 9.13 Å². The lowest BCUT2D eigenvalue weighted by Crippen LogP contribution is -2.36. The van der Waals surface area contributed by atoms with Gasteiger partial charge >= 0.3 is 0 Å². The van der Waals surface area contributed by atoms with E-state index < -0.39 is 0 Å². The summed E-state index contributed by atoms with van der Waals surface area (Å²) in [5.41, 5.74) is 1.20. The summed E-state index contributed by atoms with van der Waals surface area (Å²) in [6.07, 6.45) is 1.43. The average molecular weight is 249 g/mol. The monoisotopic (exact) mass is 249 g/mol. The molecule has 1 aliphatic heterocycles. The lowest BCUT2D eigenvalue weighted by molar-refractivity contribution is 0.122. The highest BCUT2D eigenvalue weighted by atomic mass is 19.1. The van der Waals surface area contributed by atoms with E-state index in [1.54, 1.807) is 12.1 Å². The number of rotatable bonds is 2. The quantitative estimate of drug-likeness (QED) is 0.781. The van der Waals surface area contributed by atoms with Crippen molar-refractivity contribution in [2.24, 2.45) is 0 Å². The van der Waals surface area contributed by atoms with Gasteiger partial charge in [-0.25, -0.2) is 9.07 Å². The molecule has 7 heteroatoms. The van der Waals surface area contributed by atoms with E-state index in [9.17, 15) is 4.39 Å². The van der Waals surface area contributed by atoms with E-state index >= 15 is 0 Å². The molecule has 0 saturated carbocycles. The zero-order valence-electron chi connectivity index (χ0n) is 9.66. The Labute approximate surface area is 103 Å². The molecule has 1 aromatic heterocycles. The molecule has 0 radical (unpaired) electrons. The highest BCUT2D eigenvalue weighted by Gasteiger charge is 2.15.